The number of quaternary nitrogens is 1. The number of rotatable bonds is 8. The summed E-state index contributed by atoms with van der Waals surface area (Å²) in [5, 5.41) is 3.03. The summed E-state index contributed by atoms with van der Waals surface area (Å²) in [5.74, 6) is 0.786. The van der Waals surface area contributed by atoms with Crippen LogP contribution in [0.15, 0.2) is 54.6 Å². The molecule has 6 heteroatoms. The maximum Gasteiger partial charge on any atom is 0.279 e. The Kier molecular flexibility index (Phi) is 8.24. The highest BCUT2D eigenvalue weighted by Gasteiger charge is 2.24. The first-order valence-electron chi connectivity index (χ1n) is 11.0. The number of carbonyl (C=O) groups is 2. The van der Waals surface area contributed by atoms with Crippen LogP contribution in [0.5, 0.6) is 5.75 Å². The smallest absolute Gasteiger partial charge is 0.279 e. The number of hydrogen-bond donors (Lipinski definition) is 2. The molecule has 0 unspecified atom stereocenters. The number of hydrogen-bond acceptors (Lipinski definition) is 3. The van der Waals surface area contributed by atoms with E-state index in [-0.39, 0.29) is 11.8 Å². The number of para-hydroxylation sites is 2. The second-order valence-electron chi connectivity index (χ2n) is 7.62. The molecule has 6 nitrogen and oxygen atoms in total. The van der Waals surface area contributed by atoms with Crippen molar-refractivity contribution in [1.82, 2.24) is 4.90 Å². The van der Waals surface area contributed by atoms with Crippen molar-refractivity contribution in [3.8, 4) is 5.75 Å². The van der Waals surface area contributed by atoms with Crippen molar-refractivity contribution in [2.75, 3.05) is 44.6 Å². The van der Waals surface area contributed by atoms with Gasteiger partial charge in [0.2, 0.25) is 5.91 Å². The van der Waals surface area contributed by atoms with Crippen molar-refractivity contribution >= 4 is 23.6 Å². The molecule has 0 spiro atoms. The van der Waals surface area contributed by atoms with E-state index < -0.39 is 0 Å². The molecule has 0 saturated carbocycles. The molecule has 0 aliphatic carbocycles. The van der Waals surface area contributed by atoms with Crippen molar-refractivity contribution in [1.29, 1.82) is 0 Å². The third-order valence-electron chi connectivity index (χ3n) is 5.49. The van der Waals surface area contributed by atoms with E-state index in [4.69, 9.17) is 4.74 Å². The van der Waals surface area contributed by atoms with Gasteiger partial charge in [-0.25, -0.2) is 0 Å². The lowest BCUT2D eigenvalue weighted by atomic mass is 10.1. The molecule has 31 heavy (non-hydrogen) atoms. The third kappa shape index (κ3) is 6.43. The first kappa shape index (κ1) is 22.6. The fourth-order valence-electron chi connectivity index (χ4n) is 3.76. The Bertz CT molecular complexity index is 918. The second-order valence-corrected chi connectivity index (χ2v) is 7.62. The van der Waals surface area contributed by atoms with Crippen LogP contribution in [0.3, 0.4) is 0 Å². The molecule has 0 atom stereocenters. The lowest BCUT2D eigenvalue weighted by Gasteiger charge is -2.31. The van der Waals surface area contributed by atoms with E-state index in [1.54, 1.807) is 6.08 Å². The van der Waals surface area contributed by atoms with Gasteiger partial charge in [-0.05, 0) is 37.1 Å². The second kappa shape index (κ2) is 11.3. The minimum absolute atomic E-state index is 0.00771. The minimum Gasteiger partial charge on any atom is -0.493 e. The van der Waals surface area contributed by atoms with Crippen LogP contribution in [0.25, 0.3) is 6.08 Å². The van der Waals surface area contributed by atoms with Crippen LogP contribution in [-0.4, -0.2) is 56.0 Å². The molecule has 2 aromatic rings. The highest BCUT2D eigenvalue weighted by molar-refractivity contribution is 5.93. The molecular formula is C25H32N3O3+. The number of anilines is 1. The zero-order chi connectivity index (χ0) is 22.1. The van der Waals surface area contributed by atoms with Crippen molar-refractivity contribution in [3.05, 3.63) is 65.7 Å². The van der Waals surface area contributed by atoms with Gasteiger partial charge in [0.05, 0.1) is 32.8 Å². The fourth-order valence-corrected chi connectivity index (χ4v) is 3.76. The van der Waals surface area contributed by atoms with E-state index in [0.29, 0.717) is 26.2 Å². The zero-order valence-electron chi connectivity index (χ0n) is 18.4. The molecule has 1 aliphatic heterocycles. The van der Waals surface area contributed by atoms with Crippen LogP contribution >= 0.6 is 0 Å². The zero-order valence-corrected chi connectivity index (χ0v) is 18.4. The normalized spacial score (nSPS) is 14.6. The van der Waals surface area contributed by atoms with Gasteiger partial charge in [-0.1, -0.05) is 43.3 Å². The molecule has 0 aromatic heterocycles. The van der Waals surface area contributed by atoms with Crippen LogP contribution in [0, 0.1) is 0 Å². The van der Waals surface area contributed by atoms with Crippen LogP contribution in [-0.2, 0) is 16.0 Å². The number of nitrogens with zero attached hydrogens (tertiary/aromatic N) is 1. The maximum absolute atomic E-state index is 12.6. The largest absolute Gasteiger partial charge is 0.493 e. The molecular weight excluding hydrogens is 390 g/mol. The summed E-state index contributed by atoms with van der Waals surface area (Å²) in [6, 6.07) is 15.6. The lowest BCUT2D eigenvalue weighted by molar-refractivity contribution is -0.895. The Labute approximate surface area is 184 Å². The van der Waals surface area contributed by atoms with E-state index >= 15 is 0 Å². The Morgan fingerprint density at radius 3 is 2.52 bits per heavy atom. The summed E-state index contributed by atoms with van der Waals surface area (Å²) < 4.78 is 5.61. The minimum atomic E-state index is -0.00771. The molecule has 2 aromatic carbocycles. The molecule has 2 N–H and O–H groups in total. The van der Waals surface area contributed by atoms with E-state index in [9.17, 15) is 9.59 Å². The first-order valence-corrected chi connectivity index (χ1v) is 11.0. The van der Waals surface area contributed by atoms with Gasteiger partial charge in [0, 0.05) is 17.3 Å². The number of benzene rings is 2. The van der Waals surface area contributed by atoms with Gasteiger partial charge in [-0.3, -0.25) is 9.59 Å². The molecule has 1 aliphatic rings. The van der Waals surface area contributed by atoms with Gasteiger partial charge >= 0.3 is 0 Å². The molecule has 0 bridgehead atoms. The molecule has 164 valence electrons. The number of ether oxygens (including phenoxy) is 1. The van der Waals surface area contributed by atoms with Crippen molar-refractivity contribution in [2.45, 2.75) is 20.3 Å². The van der Waals surface area contributed by atoms with E-state index in [1.165, 1.54) is 4.90 Å². The summed E-state index contributed by atoms with van der Waals surface area (Å²) in [6.45, 7) is 7.83. The van der Waals surface area contributed by atoms with Gasteiger partial charge in [0.25, 0.3) is 5.91 Å². The fraction of sp³-hybridized carbons (Fsp3) is 0.360. The molecule has 0 radical (unpaired) electrons. The van der Waals surface area contributed by atoms with Gasteiger partial charge < -0.3 is 19.9 Å². The van der Waals surface area contributed by atoms with Gasteiger partial charge in [-0.2, -0.15) is 0 Å². The summed E-state index contributed by atoms with van der Waals surface area (Å²) >= 11 is 0. The number of nitrogens with one attached hydrogen (secondary N) is 2. The Hall–Kier alpha value is -3.12. The predicted molar refractivity (Wildman–Crippen MR) is 123 cm³/mol. The van der Waals surface area contributed by atoms with Crippen molar-refractivity contribution < 1.29 is 19.2 Å². The standard InChI is InChI=1S/C25H31N3O3/c1-3-20-9-5-7-11-22(20)26-24(29)19-27-15-17-28(18-16-27)25(30)14-13-21-10-6-8-12-23(21)31-4-2/h5-14H,3-4,15-19H2,1-2H3,(H,26,29)/p+1/b14-13+. The average Bonchev–Trinajstić information content (AvgIpc) is 2.79. The first-order chi connectivity index (χ1) is 15.1. The van der Waals surface area contributed by atoms with Crippen molar-refractivity contribution in [3.63, 3.8) is 0 Å². The van der Waals surface area contributed by atoms with Gasteiger partial charge in [-0.15, -0.1) is 0 Å². The topological polar surface area (TPSA) is 63.1 Å². The molecule has 1 saturated heterocycles. The summed E-state index contributed by atoms with van der Waals surface area (Å²) in [4.78, 5) is 28.1. The SMILES string of the molecule is CCOc1ccccc1/C=C/C(=O)N1CC[NH+](CC(=O)Nc2ccccc2CC)CC1. The lowest BCUT2D eigenvalue weighted by Crippen LogP contribution is -3.15. The Morgan fingerprint density at radius 1 is 1.06 bits per heavy atom. The molecule has 3 rings (SSSR count). The molecule has 2 amide bonds. The summed E-state index contributed by atoms with van der Waals surface area (Å²) in [5.41, 5.74) is 2.92. The quantitative estimate of drug-likeness (QED) is 0.640. The van der Waals surface area contributed by atoms with Gasteiger partial charge in [0.15, 0.2) is 6.54 Å². The highest BCUT2D eigenvalue weighted by atomic mass is 16.5. The van der Waals surface area contributed by atoms with E-state index in [0.717, 1.165) is 42.1 Å². The van der Waals surface area contributed by atoms with Crippen molar-refractivity contribution in [2.24, 2.45) is 0 Å². The van der Waals surface area contributed by atoms with E-state index in [1.807, 2.05) is 66.4 Å². The van der Waals surface area contributed by atoms with Crippen LogP contribution in [0.2, 0.25) is 0 Å². The van der Waals surface area contributed by atoms with Crippen LogP contribution in [0.1, 0.15) is 25.0 Å². The summed E-state index contributed by atoms with van der Waals surface area (Å²) in [6.07, 6.45) is 4.30. The van der Waals surface area contributed by atoms with E-state index in [2.05, 4.69) is 12.2 Å². The maximum atomic E-state index is 12.6. The van der Waals surface area contributed by atoms with Crippen LogP contribution < -0.4 is 15.0 Å². The number of carbonyl (C=O) groups excluding carboxylic acids is 2. The third-order valence-corrected chi connectivity index (χ3v) is 5.49. The molecule has 1 fully saturated rings. The Balaban J connectivity index is 1.48. The van der Waals surface area contributed by atoms with Gasteiger partial charge in [0.1, 0.15) is 5.75 Å². The number of aryl methyl sites for hydroxylation is 1. The monoisotopic (exact) mass is 422 g/mol. The average molecular weight is 423 g/mol. The van der Waals surface area contributed by atoms with Crippen LogP contribution in [0.4, 0.5) is 5.69 Å². The summed E-state index contributed by atoms with van der Waals surface area (Å²) in [7, 11) is 0. The predicted octanol–water partition coefficient (Wildman–Crippen LogP) is 2.03. The highest BCUT2D eigenvalue weighted by Crippen LogP contribution is 2.19. The molecule has 1 heterocycles. The number of amides is 2. The number of piperazine rings is 1. The Morgan fingerprint density at radius 2 is 1.77 bits per heavy atom.